The molecule has 0 spiro atoms. The average Bonchev–Trinajstić information content (AvgIpc) is 2.15. The molecule has 0 radical (unpaired) electrons. The van der Waals surface area contributed by atoms with Crippen molar-refractivity contribution in [2.45, 2.75) is 26.3 Å². The van der Waals surface area contributed by atoms with E-state index in [1.165, 1.54) is 11.1 Å². The highest BCUT2D eigenvalue weighted by atomic mass is 16.6. The van der Waals surface area contributed by atoms with Gasteiger partial charge in [-0.05, 0) is 17.0 Å². The Morgan fingerprint density at radius 1 is 1.23 bits per heavy atom. The van der Waals surface area contributed by atoms with Crippen molar-refractivity contribution in [3.8, 4) is 0 Å². The van der Waals surface area contributed by atoms with Crippen LogP contribution in [0.3, 0.4) is 0 Å². The van der Waals surface area contributed by atoms with Gasteiger partial charge in [0.05, 0.1) is 7.11 Å². The lowest BCUT2D eigenvalue weighted by molar-refractivity contribution is 0.0867. The molecule has 0 bridgehead atoms. The lowest BCUT2D eigenvalue weighted by atomic mass is 10.0. The number of hydrogen-bond donors (Lipinski definition) is 1. The Kier molecular flexibility index (Phi) is 3.93. The van der Waals surface area contributed by atoms with Gasteiger partial charge in [0.15, 0.2) is 0 Å². The molecule has 13 heavy (non-hydrogen) atoms. The molecule has 0 saturated heterocycles. The molecular weight excluding hydrogens is 162 g/mol. The van der Waals surface area contributed by atoms with Crippen LogP contribution in [0.5, 0.6) is 0 Å². The zero-order valence-corrected chi connectivity index (χ0v) is 8.50. The summed E-state index contributed by atoms with van der Waals surface area (Å²) in [7, 11) is 1.63. The summed E-state index contributed by atoms with van der Waals surface area (Å²) >= 11 is 0. The van der Waals surface area contributed by atoms with Crippen LogP contribution in [0.15, 0.2) is 24.3 Å². The van der Waals surface area contributed by atoms with E-state index < -0.39 is 0 Å². The highest BCUT2D eigenvalue weighted by molar-refractivity contribution is 5.24. The maximum absolute atomic E-state index is 4.77. The van der Waals surface area contributed by atoms with Gasteiger partial charge in [-0.1, -0.05) is 38.1 Å². The summed E-state index contributed by atoms with van der Waals surface area (Å²) in [5.74, 6) is 0.601. The van der Waals surface area contributed by atoms with Gasteiger partial charge in [-0.3, -0.25) is 0 Å². The molecule has 0 unspecified atom stereocenters. The first-order valence-corrected chi connectivity index (χ1v) is 4.58. The van der Waals surface area contributed by atoms with Crippen LogP contribution in [0.4, 0.5) is 0 Å². The number of nitrogens with one attached hydrogen (secondary N) is 1. The van der Waals surface area contributed by atoms with Crippen LogP contribution in [0.25, 0.3) is 0 Å². The van der Waals surface area contributed by atoms with Crippen LogP contribution < -0.4 is 5.48 Å². The molecule has 0 atom stereocenters. The summed E-state index contributed by atoms with van der Waals surface area (Å²) in [6.45, 7) is 5.15. The van der Waals surface area contributed by atoms with Gasteiger partial charge in [-0.2, -0.15) is 5.48 Å². The van der Waals surface area contributed by atoms with Gasteiger partial charge in [-0.25, -0.2) is 0 Å². The molecule has 1 aromatic carbocycles. The number of hydroxylamine groups is 1. The van der Waals surface area contributed by atoms with Crippen molar-refractivity contribution < 1.29 is 4.84 Å². The monoisotopic (exact) mass is 179 g/mol. The highest BCUT2D eigenvalue weighted by Gasteiger charge is 1.97. The van der Waals surface area contributed by atoms with Gasteiger partial charge in [-0.15, -0.1) is 0 Å². The third-order valence-corrected chi connectivity index (χ3v) is 2.07. The molecule has 0 saturated carbocycles. The lowest BCUT2D eigenvalue weighted by Crippen LogP contribution is -2.10. The molecule has 0 aromatic heterocycles. The van der Waals surface area contributed by atoms with Crippen LogP contribution >= 0.6 is 0 Å². The van der Waals surface area contributed by atoms with E-state index in [1.807, 2.05) is 0 Å². The van der Waals surface area contributed by atoms with E-state index >= 15 is 0 Å². The Balaban J connectivity index is 2.59. The standard InChI is InChI=1S/C11H17NO/c1-9(2)11-6-4-10(5-7-11)8-12-13-3/h4-7,9,12H,8H2,1-3H3. The van der Waals surface area contributed by atoms with Crippen molar-refractivity contribution in [1.29, 1.82) is 0 Å². The van der Waals surface area contributed by atoms with E-state index in [-0.39, 0.29) is 0 Å². The maximum Gasteiger partial charge on any atom is 0.0572 e. The Bertz CT molecular complexity index is 241. The molecule has 1 aromatic rings. The fourth-order valence-corrected chi connectivity index (χ4v) is 1.18. The maximum atomic E-state index is 4.77. The first-order chi connectivity index (χ1) is 6.24. The second-order valence-corrected chi connectivity index (χ2v) is 3.42. The zero-order valence-electron chi connectivity index (χ0n) is 8.50. The number of hydrogen-bond acceptors (Lipinski definition) is 2. The van der Waals surface area contributed by atoms with Gasteiger partial charge >= 0.3 is 0 Å². The van der Waals surface area contributed by atoms with Crippen LogP contribution in [0.2, 0.25) is 0 Å². The van der Waals surface area contributed by atoms with Gasteiger partial charge in [0.1, 0.15) is 0 Å². The Morgan fingerprint density at radius 3 is 2.31 bits per heavy atom. The van der Waals surface area contributed by atoms with E-state index in [2.05, 4.69) is 43.6 Å². The fourth-order valence-electron chi connectivity index (χ4n) is 1.18. The Labute approximate surface area is 79.9 Å². The van der Waals surface area contributed by atoms with Crippen molar-refractivity contribution in [3.05, 3.63) is 35.4 Å². The summed E-state index contributed by atoms with van der Waals surface area (Å²) in [5.41, 5.74) is 5.43. The van der Waals surface area contributed by atoms with Gasteiger partial charge in [0.2, 0.25) is 0 Å². The zero-order chi connectivity index (χ0) is 9.68. The molecule has 0 heterocycles. The molecule has 0 aliphatic rings. The van der Waals surface area contributed by atoms with E-state index in [4.69, 9.17) is 4.84 Å². The third-order valence-electron chi connectivity index (χ3n) is 2.07. The number of rotatable bonds is 4. The van der Waals surface area contributed by atoms with Crippen molar-refractivity contribution >= 4 is 0 Å². The Morgan fingerprint density at radius 2 is 1.85 bits per heavy atom. The van der Waals surface area contributed by atoms with E-state index in [0.717, 1.165) is 6.54 Å². The average molecular weight is 179 g/mol. The molecule has 2 nitrogen and oxygen atoms in total. The topological polar surface area (TPSA) is 21.3 Å². The highest BCUT2D eigenvalue weighted by Crippen LogP contribution is 2.14. The molecule has 2 heteroatoms. The van der Waals surface area contributed by atoms with Gasteiger partial charge in [0.25, 0.3) is 0 Å². The summed E-state index contributed by atoms with van der Waals surface area (Å²) < 4.78 is 0. The summed E-state index contributed by atoms with van der Waals surface area (Å²) in [6, 6.07) is 8.58. The minimum atomic E-state index is 0.601. The van der Waals surface area contributed by atoms with Gasteiger partial charge in [0, 0.05) is 6.54 Å². The summed E-state index contributed by atoms with van der Waals surface area (Å²) in [4.78, 5) is 4.77. The minimum Gasteiger partial charge on any atom is -0.305 e. The second kappa shape index (κ2) is 5.00. The van der Waals surface area contributed by atoms with Gasteiger partial charge < -0.3 is 4.84 Å². The molecule has 0 aliphatic heterocycles. The lowest BCUT2D eigenvalue weighted by Gasteiger charge is -2.06. The van der Waals surface area contributed by atoms with Crippen molar-refractivity contribution in [2.75, 3.05) is 7.11 Å². The predicted molar refractivity (Wildman–Crippen MR) is 54.4 cm³/mol. The SMILES string of the molecule is CONCc1ccc(C(C)C)cc1. The fraction of sp³-hybridized carbons (Fsp3) is 0.455. The Hall–Kier alpha value is -0.860. The summed E-state index contributed by atoms with van der Waals surface area (Å²) in [6.07, 6.45) is 0. The van der Waals surface area contributed by atoms with Crippen molar-refractivity contribution in [2.24, 2.45) is 0 Å². The molecule has 0 fully saturated rings. The van der Waals surface area contributed by atoms with Crippen molar-refractivity contribution in [1.82, 2.24) is 5.48 Å². The smallest absolute Gasteiger partial charge is 0.0572 e. The normalized spacial score (nSPS) is 10.8. The van der Waals surface area contributed by atoms with E-state index in [1.54, 1.807) is 7.11 Å². The minimum absolute atomic E-state index is 0.601. The largest absolute Gasteiger partial charge is 0.305 e. The first kappa shape index (κ1) is 10.2. The van der Waals surface area contributed by atoms with Crippen LogP contribution in [0, 0.1) is 0 Å². The van der Waals surface area contributed by atoms with E-state index in [9.17, 15) is 0 Å². The molecule has 1 N–H and O–H groups in total. The molecule has 0 amide bonds. The molecule has 1 rings (SSSR count). The van der Waals surface area contributed by atoms with Crippen LogP contribution in [-0.2, 0) is 11.4 Å². The predicted octanol–water partition coefficient (Wildman–Crippen LogP) is 2.46. The number of benzene rings is 1. The molecular formula is C11H17NO. The van der Waals surface area contributed by atoms with E-state index in [0.29, 0.717) is 5.92 Å². The van der Waals surface area contributed by atoms with Crippen molar-refractivity contribution in [3.63, 3.8) is 0 Å². The van der Waals surface area contributed by atoms with Crippen LogP contribution in [0.1, 0.15) is 30.9 Å². The van der Waals surface area contributed by atoms with Crippen LogP contribution in [-0.4, -0.2) is 7.11 Å². The first-order valence-electron chi connectivity index (χ1n) is 4.58. The third kappa shape index (κ3) is 3.17. The quantitative estimate of drug-likeness (QED) is 0.717. The molecule has 0 aliphatic carbocycles. The molecule has 72 valence electrons. The second-order valence-electron chi connectivity index (χ2n) is 3.42. The summed E-state index contributed by atoms with van der Waals surface area (Å²) in [5, 5.41) is 0.